The van der Waals surface area contributed by atoms with E-state index in [0.717, 1.165) is 0 Å². The number of hydrogen-bond donors (Lipinski definition) is 2. The van der Waals surface area contributed by atoms with Gasteiger partial charge in [-0.2, -0.15) is 0 Å². The third kappa shape index (κ3) is 4.41. The summed E-state index contributed by atoms with van der Waals surface area (Å²) in [5.41, 5.74) is 0. The van der Waals surface area contributed by atoms with E-state index in [1.54, 1.807) is 18.2 Å². The van der Waals surface area contributed by atoms with E-state index in [0.29, 0.717) is 0 Å². The minimum atomic E-state index is -4.02. The van der Waals surface area contributed by atoms with Crippen molar-refractivity contribution in [2.45, 2.75) is 4.17 Å². The van der Waals surface area contributed by atoms with Crippen molar-refractivity contribution in [3.05, 3.63) is 30.3 Å². The summed E-state index contributed by atoms with van der Waals surface area (Å²) < 4.78 is 12.7. The summed E-state index contributed by atoms with van der Waals surface area (Å²) >= 11 is 1.31. The van der Waals surface area contributed by atoms with Crippen molar-refractivity contribution in [2.24, 2.45) is 0 Å². The van der Waals surface area contributed by atoms with E-state index in [9.17, 15) is 4.57 Å². The Morgan fingerprint density at radius 2 is 1.58 bits per heavy atom. The monoisotopic (exact) mass is 196 g/mol. The molecule has 0 aliphatic rings. The molecule has 0 saturated carbocycles. The van der Waals surface area contributed by atoms with Gasteiger partial charge < -0.3 is 9.79 Å². The molecule has 0 aliphatic heterocycles. The van der Waals surface area contributed by atoms with Gasteiger partial charge in [-0.25, -0.2) is 0 Å². The number of hydrogen-bond acceptors (Lipinski definition) is 1. The van der Waals surface area contributed by atoms with Gasteiger partial charge in [-0.1, -0.05) is 18.2 Å². The van der Waals surface area contributed by atoms with Crippen LogP contribution in [0.15, 0.2) is 30.3 Å². The first-order chi connectivity index (χ1) is 5.61. The van der Waals surface area contributed by atoms with Gasteiger partial charge >= 0.3 is 39.7 Å². The molecule has 0 unspecified atom stereocenters. The summed E-state index contributed by atoms with van der Waals surface area (Å²) in [6.07, 6.45) is 0. The second-order valence-corrected chi connectivity index (χ2v) is 3.48. The Balaban J connectivity index is 0.000000561. The van der Waals surface area contributed by atoms with E-state index >= 15 is 0 Å². The summed E-state index contributed by atoms with van der Waals surface area (Å²) in [5.74, 6) is 0. The van der Waals surface area contributed by atoms with Crippen LogP contribution in [-0.2, 0) is 4.57 Å². The molecule has 0 heterocycles. The molecule has 0 bridgehead atoms. The Morgan fingerprint density at radius 1 is 1.17 bits per heavy atom. The molecule has 0 amide bonds. The Bertz CT molecular complexity index is 257. The molecule has 0 aromatic heterocycles. The molecule has 0 radical (unpaired) electrons. The van der Waals surface area contributed by atoms with Gasteiger partial charge in [0, 0.05) is 0 Å². The van der Waals surface area contributed by atoms with E-state index < -0.39 is 7.60 Å². The Morgan fingerprint density at radius 3 is 1.83 bits per heavy atom. The second-order valence-electron chi connectivity index (χ2n) is 1.88. The number of benzene rings is 1. The molecule has 0 atom stereocenters. The average molecular weight is 196 g/mol. The van der Waals surface area contributed by atoms with E-state index in [-0.39, 0.29) is 5.30 Å². The fraction of sp³-hybridized carbons (Fsp3) is 0.143. The van der Waals surface area contributed by atoms with Gasteiger partial charge in [0.25, 0.3) is 0 Å². The van der Waals surface area contributed by atoms with Crippen LogP contribution in [0.5, 0.6) is 0 Å². The van der Waals surface area contributed by atoms with Gasteiger partial charge in [-0.3, -0.25) is 4.57 Å². The summed E-state index contributed by atoms with van der Waals surface area (Å²) in [4.78, 5) is 17.2. The van der Waals surface area contributed by atoms with Gasteiger partial charge in [-0.15, -0.1) is 0 Å². The van der Waals surface area contributed by atoms with Crippen molar-refractivity contribution >= 4 is 40.8 Å². The van der Waals surface area contributed by atoms with Crippen LogP contribution in [0.4, 0.5) is 0 Å². The quantitative estimate of drug-likeness (QED) is 0.513. The van der Waals surface area contributed by atoms with Crippen LogP contribution < -0.4 is 5.30 Å². The van der Waals surface area contributed by atoms with E-state index in [2.05, 4.69) is 4.17 Å². The number of rotatable bonds is 1. The summed E-state index contributed by atoms with van der Waals surface area (Å²) in [7, 11) is -4.02. The zero-order valence-electron chi connectivity index (χ0n) is 7.14. The molecule has 2 N–H and O–H groups in total. The van der Waals surface area contributed by atoms with Crippen LogP contribution in [0.3, 0.4) is 0 Å². The van der Waals surface area contributed by atoms with E-state index in [4.69, 9.17) is 9.79 Å². The molecular formula is C7H10NaO3P. The Kier molecular flexibility index (Phi) is 6.10. The van der Waals surface area contributed by atoms with E-state index in [1.165, 1.54) is 40.1 Å². The van der Waals surface area contributed by atoms with E-state index in [1.807, 2.05) is 0 Å². The molecule has 5 heteroatoms. The molecule has 1 aromatic carbocycles. The molecule has 62 valence electrons. The normalized spacial score (nSPS) is 10.1. The third-order valence-electron chi connectivity index (χ3n) is 1.09. The second kappa shape index (κ2) is 5.92. The zero-order valence-corrected chi connectivity index (χ0v) is 10.0. The first-order valence-electron chi connectivity index (χ1n) is 3.72. The van der Waals surface area contributed by atoms with Crippen LogP contribution in [0.2, 0.25) is 4.17 Å². The maximum atomic E-state index is 10.5. The van der Waals surface area contributed by atoms with Crippen molar-refractivity contribution in [3.8, 4) is 0 Å². The molecule has 0 aliphatic carbocycles. The summed E-state index contributed by atoms with van der Waals surface area (Å²) in [6, 6.07) is 7.70. The molecular weight excluding hydrogens is 186 g/mol. The van der Waals surface area contributed by atoms with Crippen molar-refractivity contribution in [1.82, 2.24) is 0 Å². The van der Waals surface area contributed by atoms with Crippen LogP contribution in [0.1, 0.15) is 0 Å². The van der Waals surface area contributed by atoms with Gasteiger partial charge in [0.05, 0.1) is 5.30 Å². The first kappa shape index (κ1) is 12.4. The molecule has 0 saturated heterocycles. The summed E-state index contributed by atoms with van der Waals surface area (Å²) in [6.45, 7) is 0. The predicted octanol–water partition coefficient (Wildman–Crippen LogP) is 0.693. The van der Waals surface area contributed by atoms with Crippen molar-refractivity contribution < 1.29 is 14.4 Å². The van der Waals surface area contributed by atoms with Crippen LogP contribution in [-0.4, -0.2) is 37.7 Å². The average Bonchev–Trinajstić information content (AvgIpc) is 2.08. The fourth-order valence-electron chi connectivity index (χ4n) is 0.622. The molecule has 0 spiro atoms. The van der Waals surface area contributed by atoms with Crippen molar-refractivity contribution in [1.29, 1.82) is 0 Å². The molecule has 1 rings (SSSR count). The van der Waals surface area contributed by atoms with Crippen LogP contribution in [0.25, 0.3) is 0 Å². The molecule has 12 heavy (non-hydrogen) atoms. The van der Waals surface area contributed by atoms with Crippen molar-refractivity contribution in [2.75, 3.05) is 0 Å². The predicted molar refractivity (Wildman–Crippen MR) is 49.7 cm³/mol. The van der Waals surface area contributed by atoms with Crippen LogP contribution >= 0.6 is 7.60 Å². The van der Waals surface area contributed by atoms with Crippen molar-refractivity contribution in [3.63, 3.8) is 0 Å². The van der Waals surface area contributed by atoms with Crippen LogP contribution in [0, 0.1) is 0 Å². The third-order valence-corrected chi connectivity index (χ3v) is 2.06. The maximum absolute atomic E-state index is 10.5. The van der Waals surface area contributed by atoms with Gasteiger partial charge in [0.2, 0.25) is 0 Å². The molecule has 3 nitrogen and oxygen atoms in total. The Hall–Kier alpha value is 0.370. The first-order valence-corrected chi connectivity index (χ1v) is 7.33. The fourth-order valence-corrected chi connectivity index (χ4v) is 1.18. The zero-order chi connectivity index (χ0) is 9.61. The summed E-state index contributed by atoms with van der Waals surface area (Å²) in [5, 5.41) is 0.0648. The Labute approximate surface area is 89.4 Å². The van der Waals surface area contributed by atoms with Gasteiger partial charge in [0.15, 0.2) is 0 Å². The minimum absolute atomic E-state index is 0.0648. The van der Waals surface area contributed by atoms with Gasteiger partial charge in [-0.05, 0) is 12.1 Å². The standard InChI is InChI=1S/C6H7O3P.CH3.Na/c7-10(8,9)6-4-2-1-3-5-6;;/h1-5H,(H2,7,8,9);1H3;. The SMILES string of the molecule is O=P(O)(O)c1ccccc1.[CH3][Na]. The molecule has 0 fully saturated rings. The topological polar surface area (TPSA) is 57.5 Å². The molecule has 1 aromatic rings. The van der Waals surface area contributed by atoms with Gasteiger partial charge in [0.1, 0.15) is 0 Å².